The number of carbonyl (C=O) groups is 2. The fraction of sp³-hybridized carbons (Fsp3) is 0.300. The van der Waals surface area contributed by atoms with Crippen molar-refractivity contribution < 1.29 is 19.2 Å². The van der Waals surface area contributed by atoms with Crippen LogP contribution >= 0.6 is 0 Å². The lowest BCUT2D eigenvalue weighted by Crippen LogP contribution is -2.40. The lowest BCUT2D eigenvalue weighted by molar-refractivity contribution is -0.384. The minimum Gasteiger partial charge on any atom is -0.493 e. The van der Waals surface area contributed by atoms with E-state index in [4.69, 9.17) is 4.74 Å². The molecule has 0 aliphatic carbocycles. The SMILES string of the molecule is CN(C)C(CNC(=O)C(=O)Nc1ccc([N+](=O)[O-])cc1)c1ccc2c(c1)CCO2. The van der Waals surface area contributed by atoms with Crippen LogP contribution in [-0.4, -0.2) is 48.9 Å². The molecule has 9 nitrogen and oxygen atoms in total. The van der Waals surface area contributed by atoms with E-state index in [2.05, 4.69) is 16.7 Å². The summed E-state index contributed by atoms with van der Waals surface area (Å²) in [7, 11) is 3.80. The van der Waals surface area contributed by atoms with Crippen molar-refractivity contribution in [3.8, 4) is 5.75 Å². The van der Waals surface area contributed by atoms with Gasteiger partial charge in [-0.2, -0.15) is 0 Å². The molecule has 2 N–H and O–H groups in total. The molecule has 0 radical (unpaired) electrons. The van der Waals surface area contributed by atoms with Gasteiger partial charge in [-0.25, -0.2) is 0 Å². The number of hydrogen-bond acceptors (Lipinski definition) is 6. The van der Waals surface area contributed by atoms with Crippen LogP contribution in [-0.2, 0) is 16.0 Å². The molecule has 1 aliphatic rings. The number of nitro groups is 1. The fourth-order valence-electron chi connectivity index (χ4n) is 3.14. The van der Waals surface area contributed by atoms with Gasteiger partial charge in [0.25, 0.3) is 5.69 Å². The normalized spacial score (nSPS) is 13.3. The molecule has 1 aliphatic heterocycles. The van der Waals surface area contributed by atoms with Crippen LogP contribution in [0.4, 0.5) is 11.4 Å². The Morgan fingerprint density at radius 2 is 1.90 bits per heavy atom. The third kappa shape index (κ3) is 4.88. The number of nitrogens with one attached hydrogen (secondary N) is 2. The summed E-state index contributed by atoms with van der Waals surface area (Å²) in [6.45, 7) is 0.921. The van der Waals surface area contributed by atoms with E-state index in [1.165, 1.54) is 24.3 Å². The molecule has 0 saturated carbocycles. The second-order valence-electron chi connectivity index (χ2n) is 6.91. The van der Waals surface area contributed by atoms with Crippen molar-refractivity contribution in [3.05, 3.63) is 63.7 Å². The van der Waals surface area contributed by atoms with Crippen LogP contribution in [0, 0.1) is 10.1 Å². The highest BCUT2D eigenvalue weighted by Gasteiger charge is 2.21. The predicted octanol–water partition coefficient (Wildman–Crippen LogP) is 1.89. The van der Waals surface area contributed by atoms with E-state index >= 15 is 0 Å². The topological polar surface area (TPSA) is 114 Å². The molecule has 2 amide bonds. The molecule has 1 heterocycles. The Morgan fingerprint density at radius 1 is 1.17 bits per heavy atom. The van der Waals surface area contributed by atoms with E-state index in [0.717, 1.165) is 23.3 Å². The highest BCUT2D eigenvalue weighted by molar-refractivity contribution is 6.39. The Morgan fingerprint density at radius 3 is 2.55 bits per heavy atom. The lowest BCUT2D eigenvalue weighted by atomic mass is 10.0. The number of likely N-dealkylation sites (N-methyl/N-ethyl adjacent to an activating group) is 1. The molecule has 1 unspecified atom stereocenters. The first-order chi connectivity index (χ1) is 13.8. The summed E-state index contributed by atoms with van der Waals surface area (Å²) < 4.78 is 5.53. The molecule has 29 heavy (non-hydrogen) atoms. The highest BCUT2D eigenvalue weighted by Crippen LogP contribution is 2.29. The Labute approximate surface area is 167 Å². The number of anilines is 1. The second-order valence-corrected chi connectivity index (χ2v) is 6.91. The van der Waals surface area contributed by atoms with Crippen molar-refractivity contribution in [1.29, 1.82) is 0 Å². The summed E-state index contributed by atoms with van der Waals surface area (Å²) in [5, 5.41) is 15.7. The van der Waals surface area contributed by atoms with Crippen LogP contribution in [0.3, 0.4) is 0 Å². The summed E-state index contributed by atoms with van der Waals surface area (Å²) in [6, 6.07) is 11.1. The quantitative estimate of drug-likeness (QED) is 0.436. The monoisotopic (exact) mass is 398 g/mol. The largest absolute Gasteiger partial charge is 0.493 e. The van der Waals surface area contributed by atoms with Crippen molar-refractivity contribution in [2.24, 2.45) is 0 Å². The Balaban J connectivity index is 1.59. The molecule has 9 heteroatoms. The van der Waals surface area contributed by atoms with Gasteiger partial charge in [-0.3, -0.25) is 19.7 Å². The van der Waals surface area contributed by atoms with E-state index in [1.54, 1.807) is 0 Å². The molecule has 0 fully saturated rings. The van der Waals surface area contributed by atoms with Crippen molar-refractivity contribution in [2.45, 2.75) is 12.5 Å². The molecule has 1 atom stereocenters. The molecule has 0 saturated heterocycles. The van der Waals surface area contributed by atoms with Gasteiger partial charge in [0.2, 0.25) is 0 Å². The minimum absolute atomic E-state index is 0.0963. The first-order valence-electron chi connectivity index (χ1n) is 9.11. The van der Waals surface area contributed by atoms with Gasteiger partial charge in [-0.1, -0.05) is 12.1 Å². The number of ether oxygens (including phenoxy) is 1. The van der Waals surface area contributed by atoms with Crippen LogP contribution in [0.2, 0.25) is 0 Å². The maximum Gasteiger partial charge on any atom is 0.313 e. The average molecular weight is 398 g/mol. The smallest absolute Gasteiger partial charge is 0.313 e. The molecule has 3 rings (SSSR count). The molecule has 2 aromatic carbocycles. The van der Waals surface area contributed by atoms with E-state index in [1.807, 2.05) is 31.1 Å². The number of hydrogen-bond donors (Lipinski definition) is 2. The first kappa shape index (κ1) is 20.3. The predicted molar refractivity (Wildman–Crippen MR) is 107 cm³/mol. The van der Waals surface area contributed by atoms with Crippen molar-refractivity contribution in [3.63, 3.8) is 0 Å². The van der Waals surface area contributed by atoms with Crippen molar-refractivity contribution in [2.75, 3.05) is 32.6 Å². The maximum absolute atomic E-state index is 12.2. The van der Waals surface area contributed by atoms with Crippen molar-refractivity contribution in [1.82, 2.24) is 10.2 Å². The Hall–Kier alpha value is -3.46. The van der Waals surface area contributed by atoms with Crippen LogP contribution in [0.15, 0.2) is 42.5 Å². The number of fused-ring (bicyclic) bond motifs is 1. The number of nitrogens with zero attached hydrogens (tertiary/aromatic N) is 2. The van der Waals surface area contributed by atoms with Gasteiger partial charge in [0, 0.05) is 30.8 Å². The number of amides is 2. The highest BCUT2D eigenvalue weighted by atomic mass is 16.6. The van der Waals surface area contributed by atoms with E-state index in [0.29, 0.717) is 12.3 Å². The molecule has 0 aromatic heterocycles. The third-order valence-electron chi connectivity index (χ3n) is 4.72. The van der Waals surface area contributed by atoms with E-state index in [9.17, 15) is 19.7 Å². The van der Waals surface area contributed by atoms with E-state index in [-0.39, 0.29) is 18.3 Å². The number of carbonyl (C=O) groups excluding carboxylic acids is 2. The average Bonchev–Trinajstić information content (AvgIpc) is 3.16. The summed E-state index contributed by atoms with van der Waals surface area (Å²) in [4.78, 5) is 36.4. The zero-order valence-corrected chi connectivity index (χ0v) is 16.2. The molecular weight excluding hydrogens is 376 g/mol. The van der Waals surface area contributed by atoms with Crippen LogP contribution < -0.4 is 15.4 Å². The number of nitro benzene ring substituents is 1. The summed E-state index contributed by atoms with van der Waals surface area (Å²) in [5.74, 6) is -0.726. The van der Waals surface area contributed by atoms with Gasteiger partial charge in [-0.15, -0.1) is 0 Å². The molecule has 0 spiro atoms. The number of rotatable bonds is 6. The van der Waals surface area contributed by atoms with Gasteiger partial charge in [-0.05, 0) is 43.4 Å². The van der Waals surface area contributed by atoms with E-state index < -0.39 is 16.7 Å². The van der Waals surface area contributed by atoms with Gasteiger partial charge in [0.15, 0.2) is 0 Å². The zero-order valence-electron chi connectivity index (χ0n) is 16.2. The minimum atomic E-state index is -0.835. The number of benzene rings is 2. The first-order valence-corrected chi connectivity index (χ1v) is 9.11. The molecule has 152 valence electrons. The summed E-state index contributed by atoms with van der Waals surface area (Å²) >= 11 is 0. The number of non-ortho nitro benzene ring substituents is 1. The van der Waals surface area contributed by atoms with Gasteiger partial charge in [0.1, 0.15) is 5.75 Å². The maximum atomic E-state index is 12.2. The fourth-order valence-corrected chi connectivity index (χ4v) is 3.14. The van der Waals surface area contributed by atoms with Crippen molar-refractivity contribution >= 4 is 23.2 Å². The standard InChI is InChI=1S/C20H22N4O5/c1-23(2)17(13-3-8-18-14(11-13)9-10-29-18)12-21-19(25)20(26)22-15-4-6-16(7-5-15)24(27)28/h3-8,11,17H,9-10,12H2,1-2H3,(H,21,25)(H,22,26). The van der Waals surface area contributed by atoms with Crippen LogP contribution in [0.5, 0.6) is 5.75 Å². The zero-order chi connectivity index (χ0) is 21.0. The molecular formula is C20H22N4O5. The summed E-state index contributed by atoms with van der Waals surface area (Å²) in [5.41, 5.74) is 2.37. The molecule has 0 bridgehead atoms. The third-order valence-corrected chi connectivity index (χ3v) is 4.72. The van der Waals surface area contributed by atoms with Crippen LogP contribution in [0.25, 0.3) is 0 Å². The van der Waals surface area contributed by atoms with Gasteiger partial charge < -0.3 is 20.3 Å². The lowest BCUT2D eigenvalue weighted by Gasteiger charge is -2.25. The van der Waals surface area contributed by atoms with Crippen LogP contribution in [0.1, 0.15) is 17.2 Å². The van der Waals surface area contributed by atoms with Gasteiger partial charge >= 0.3 is 11.8 Å². The second kappa shape index (κ2) is 8.70. The summed E-state index contributed by atoms with van der Waals surface area (Å²) in [6.07, 6.45) is 0.854. The molecule has 2 aromatic rings. The Kier molecular flexibility index (Phi) is 6.08. The van der Waals surface area contributed by atoms with Gasteiger partial charge in [0.05, 0.1) is 17.6 Å². The Bertz CT molecular complexity index is 927.